The molecule has 0 saturated heterocycles. The van der Waals surface area contributed by atoms with Crippen molar-refractivity contribution in [2.24, 2.45) is 0 Å². The molecule has 3 heterocycles. The third-order valence-corrected chi connectivity index (χ3v) is 16.9. The number of aromatic nitrogens is 6. The van der Waals surface area contributed by atoms with E-state index in [2.05, 4.69) is 53.9 Å². The number of ether oxygens (including phenoxy) is 1. The second-order valence-electron chi connectivity index (χ2n) is 22.7. The van der Waals surface area contributed by atoms with E-state index in [0.717, 1.165) is 73.0 Å². The zero-order chi connectivity index (χ0) is 64.4. The van der Waals surface area contributed by atoms with E-state index in [-0.39, 0.29) is 37.1 Å². The summed E-state index contributed by atoms with van der Waals surface area (Å²) < 4.78 is 59.3. The van der Waals surface area contributed by atoms with E-state index >= 15 is 0 Å². The number of hydrogen-bond donors (Lipinski definition) is 3. The number of rotatable bonds is 20. The molecule has 3 aromatic heterocycles. The maximum Gasteiger partial charge on any atom is 0.313 e. The topological polar surface area (TPSA) is 243 Å². The normalized spacial score (nSPS) is 11.7. The Balaban J connectivity index is 0.000000189. The summed E-state index contributed by atoms with van der Waals surface area (Å²) in [5.41, 5.74) is 12.0. The molecule has 0 aliphatic heterocycles. The van der Waals surface area contributed by atoms with Gasteiger partial charge in [0, 0.05) is 48.2 Å². The van der Waals surface area contributed by atoms with Crippen molar-refractivity contribution < 1.29 is 51.3 Å². The van der Waals surface area contributed by atoms with Crippen LogP contribution in [0.1, 0.15) is 125 Å². The number of aliphatic hydroxyl groups is 1. The molecular formula is C69H78N6O11S2. The van der Waals surface area contributed by atoms with Crippen LogP contribution in [0.5, 0.6) is 0 Å². The highest BCUT2D eigenvalue weighted by Crippen LogP contribution is 2.31. The fourth-order valence-corrected chi connectivity index (χ4v) is 11.9. The van der Waals surface area contributed by atoms with Gasteiger partial charge >= 0.3 is 17.9 Å². The summed E-state index contributed by atoms with van der Waals surface area (Å²) >= 11 is 0. The molecule has 0 radical (unpaired) electrons. The van der Waals surface area contributed by atoms with Crippen LogP contribution in [0, 0.1) is 6.92 Å². The fraction of sp³-hybridized carbons (Fsp3) is 0.304. The van der Waals surface area contributed by atoms with Crippen molar-refractivity contribution in [2.75, 3.05) is 19.1 Å². The molecule has 0 atom stereocenters. The van der Waals surface area contributed by atoms with Gasteiger partial charge in [-0.1, -0.05) is 132 Å². The largest absolute Gasteiger partial charge is 0.481 e. The van der Waals surface area contributed by atoms with E-state index in [1.165, 1.54) is 18.1 Å². The molecule has 9 aromatic rings. The van der Waals surface area contributed by atoms with Crippen LogP contribution in [0.15, 0.2) is 162 Å². The minimum atomic E-state index is -3.32. The van der Waals surface area contributed by atoms with Gasteiger partial charge in [-0.15, -0.1) is 0 Å². The van der Waals surface area contributed by atoms with Crippen LogP contribution in [-0.4, -0.2) is 97.8 Å². The van der Waals surface area contributed by atoms with Gasteiger partial charge in [0.2, 0.25) is 0 Å². The van der Waals surface area contributed by atoms with Crippen LogP contribution < -0.4 is 0 Å². The number of esters is 1. The summed E-state index contributed by atoms with van der Waals surface area (Å²) in [7, 11) is -6.63. The van der Waals surface area contributed by atoms with E-state index in [0.29, 0.717) is 52.4 Å². The Hall–Kier alpha value is -8.78. The van der Waals surface area contributed by atoms with Gasteiger partial charge in [-0.25, -0.2) is 31.8 Å². The summed E-state index contributed by atoms with van der Waals surface area (Å²) in [6, 6.07) is 42.6. The lowest BCUT2D eigenvalue weighted by Gasteiger charge is -2.13. The molecule has 0 bridgehead atoms. The van der Waals surface area contributed by atoms with Gasteiger partial charge in [0.05, 0.1) is 33.5 Å². The first-order chi connectivity index (χ1) is 41.5. The Labute approximate surface area is 516 Å². The molecule has 0 spiro atoms. The molecule has 0 saturated carbocycles. The first-order valence-corrected chi connectivity index (χ1v) is 32.9. The highest BCUT2D eigenvalue weighted by atomic mass is 32.2. The minimum absolute atomic E-state index is 0.0957. The van der Waals surface area contributed by atoms with Gasteiger partial charge in [-0.2, -0.15) is 0 Å². The third-order valence-electron chi connectivity index (χ3n) is 14.6. The highest BCUT2D eigenvalue weighted by Gasteiger charge is 2.24. The van der Waals surface area contributed by atoms with Gasteiger partial charge < -0.3 is 33.8 Å². The van der Waals surface area contributed by atoms with Crippen LogP contribution in [0.2, 0.25) is 0 Å². The van der Waals surface area contributed by atoms with Gasteiger partial charge in [-0.3, -0.25) is 14.4 Å². The molecule has 0 unspecified atom stereocenters. The van der Waals surface area contributed by atoms with Crippen molar-refractivity contribution in [1.82, 2.24) is 28.7 Å². The summed E-state index contributed by atoms with van der Waals surface area (Å²) in [4.78, 5) is 48.6. The number of carboxylic acid groups (broad SMARTS) is 2. The van der Waals surface area contributed by atoms with Gasteiger partial charge in [0.25, 0.3) is 0 Å². The molecule has 17 nitrogen and oxygen atoms in total. The zero-order valence-electron chi connectivity index (χ0n) is 51.9. The van der Waals surface area contributed by atoms with Crippen LogP contribution in [0.25, 0.3) is 50.4 Å². The van der Waals surface area contributed by atoms with Gasteiger partial charge in [-0.05, 0) is 145 Å². The number of imidazole rings is 3. The predicted octanol–water partition coefficient (Wildman–Crippen LogP) is 12.7. The quantitative estimate of drug-likeness (QED) is 0.0601. The molecule has 0 aliphatic rings. The summed E-state index contributed by atoms with van der Waals surface area (Å²) in [6.07, 6.45) is 9.01. The number of aliphatic carboxylic acids is 2. The van der Waals surface area contributed by atoms with E-state index in [9.17, 15) is 41.4 Å². The van der Waals surface area contributed by atoms with Crippen molar-refractivity contribution in [3.8, 4) is 50.4 Å². The Morgan fingerprint density at radius 3 is 1.22 bits per heavy atom. The maximum absolute atomic E-state index is 12.2. The van der Waals surface area contributed by atoms with Crippen LogP contribution >= 0.6 is 0 Å². The Kier molecular flexibility index (Phi) is 21.5. The minimum Gasteiger partial charge on any atom is -0.481 e. The van der Waals surface area contributed by atoms with Crippen molar-refractivity contribution in [3.05, 3.63) is 203 Å². The van der Waals surface area contributed by atoms with Crippen molar-refractivity contribution in [1.29, 1.82) is 0 Å². The number of nitrogens with zero attached hydrogens (tertiary/aromatic N) is 6. The predicted molar refractivity (Wildman–Crippen MR) is 343 cm³/mol. The molecule has 9 rings (SSSR count). The van der Waals surface area contributed by atoms with Crippen molar-refractivity contribution >= 4 is 37.6 Å². The fourth-order valence-electron chi connectivity index (χ4n) is 9.81. The van der Waals surface area contributed by atoms with Crippen LogP contribution in [0.3, 0.4) is 0 Å². The molecule has 0 aliphatic carbocycles. The molecule has 88 heavy (non-hydrogen) atoms. The van der Waals surface area contributed by atoms with Crippen LogP contribution in [0.4, 0.5) is 0 Å². The summed E-state index contributed by atoms with van der Waals surface area (Å²) in [5.74, 6) is -0.299. The first-order valence-electron chi connectivity index (χ1n) is 29.1. The van der Waals surface area contributed by atoms with E-state index in [1.807, 2.05) is 148 Å². The number of sulfone groups is 2. The Morgan fingerprint density at radius 1 is 0.511 bits per heavy atom. The number of hydrogen-bond acceptors (Lipinski definition) is 12. The summed E-state index contributed by atoms with van der Waals surface area (Å²) in [6.45, 7) is 19.5. The molecular weight excluding hydrogens is 1150 g/mol. The number of aryl methyl sites for hydroxylation is 3. The standard InChI is InChI=1S/C25H30N2O4S.C23H26N2O4S.C21H22N2O3/c1-6-18-8-9-20(14-23(18)32(5,29)30)19-10-12-21(13-11-19)27-16-22(17(3)4)26-24(27)15-25(28)31-7-2;1-5-16-6-7-18(12-21(16)30(4,28)29)17-8-10-19(11-9-17)25-14-20(15(2)3)24-22(25)13-23(26)27;1-14-5-4-6-16(11-14)15-7-9-17(10-8-15)23-13-18(21(2,3)26)22-19(23)12-20(24)25/h8-14,16-17H,6-7,15H2,1-5H3;6-12,14-15H,5,13H2,1-4H3,(H,26,27);4-11,13,26H,12H2,1-3H3,(H,24,25). The number of benzene rings is 6. The van der Waals surface area contributed by atoms with Crippen LogP contribution in [-0.2, 0) is 76.5 Å². The zero-order valence-corrected chi connectivity index (χ0v) is 53.6. The number of carboxylic acids is 2. The Bertz CT molecular complexity index is 4170. The van der Waals surface area contributed by atoms with Crippen molar-refractivity contribution in [2.45, 2.75) is 129 Å². The SMILES string of the molecule is CCOC(=O)Cc1nc(C(C)C)cn1-c1ccc(-c2ccc(CC)c(S(C)(=O)=O)c2)cc1.CCc1ccc(-c2ccc(-n3cc(C(C)C)nc3CC(=O)O)cc2)cc1S(C)(=O)=O.Cc1cccc(-c2ccc(-n3cc(C(C)(C)O)nc3CC(=O)O)cc2)c1. The lowest BCUT2D eigenvalue weighted by molar-refractivity contribution is -0.142. The van der Waals surface area contributed by atoms with E-state index in [4.69, 9.17) is 9.84 Å². The average molecular weight is 1230 g/mol. The smallest absolute Gasteiger partial charge is 0.313 e. The second kappa shape index (κ2) is 28.4. The molecule has 0 fully saturated rings. The second-order valence-corrected chi connectivity index (χ2v) is 26.7. The maximum atomic E-state index is 12.2. The molecule has 6 aromatic carbocycles. The van der Waals surface area contributed by atoms with E-state index in [1.54, 1.807) is 48.2 Å². The molecule has 19 heteroatoms. The van der Waals surface area contributed by atoms with Crippen molar-refractivity contribution in [3.63, 3.8) is 0 Å². The lowest BCUT2D eigenvalue weighted by Crippen LogP contribution is -2.16. The number of carbonyl (C=O) groups is 3. The Morgan fingerprint density at radius 2 is 0.875 bits per heavy atom. The van der Waals surface area contributed by atoms with E-state index < -0.39 is 37.2 Å². The number of carbonyl (C=O) groups excluding carboxylic acids is 1. The molecule has 3 N–H and O–H groups in total. The first kappa shape index (κ1) is 66.7. The monoisotopic (exact) mass is 1230 g/mol. The molecule has 0 amide bonds. The molecule has 462 valence electrons. The average Bonchev–Trinajstić information content (AvgIpc) is 2.89. The van der Waals surface area contributed by atoms with Gasteiger partial charge in [0.15, 0.2) is 19.7 Å². The summed E-state index contributed by atoms with van der Waals surface area (Å²) in [5, 5.41) is 28.6. The van der Waals surface area contributed by atoms with Gasteiger partial charge in [0.1, 0.15) is 42.3 Å². The third kappa shape index (κ3) is 17.0. The highest BCUT2D eigenvalue weighted by molar-refractivity contribution is 7.91. The lowest BCUT2D eigenvalue weighted by atomic mass is 10.0.